The van der Waals surface area contributed by atoms with Gasteiger partial charge in [-0.1, -0.05) is 0 Å². The molecule has 100 valence electrons. The van der Waals surface area contributed by atoms with Crippen molar-refractivity contribution in [1.29, 1.82) is 0 Å². The summed E-state index contributed by atoms with van der Waals surface area (Å²) in [7, 11) is 1.99. The van der Waals surface area contributed by atoms with Crippen molar-refractivity contribution in [3.63, 3.8) is 0 Å². The highest BCUT2D eigenvalue weighted by Crippen LogP contribution is 2.32. The molecule has 1 rings (SSSR count). The van der Waals surface area contributed by atoms with Crippen molar-refractivity contribution in [2.24, 2.45) is 0 Å². The summed E-state index contributed by atoms with van der Waals surface area (Å²) in [5.41, 5.74) is -1.45. The maximum absolute atomic E-state index is 12.4. The summed E-state index contributed by atoms with van der Waals surface area (Å²) >= 11 is 0. The third-order valence-corrected chi connectivity index (χ3v) is 3.71. The lowest BCUT2D eigenvalue weighted by atomic mass is 9.87. The summed E-state index contributed by atoms with van der Waals surface area (Å²) in [6.07, 6.45) is 0. The Morgan fingerprint density at radius 3 is 2.18 bits per heavy atom. The van der Waals surface area contributed by atoms with Crippen LogP contribution in [0.3, 0.4) is 0 Å². The minimum absolute atomic E-state index is 0.0807. The molecule has 1 fully saturated rings. The third kappa shape index (κ3) is 2.80. The van der Waals surface area contributed by atoms with Crippen LogP contribution < -0.4 is 0 Å². The lowest BCUT2D eigenvalue weighted by Crippen LogP contribution is -2.70. The van der Waals surface area contributed by atoms with E-state index in [-0.39, 0.29) is 11.4 Å². The Morgan fingerprint density at radius 2 is 1.76 bits per heavy atom. The van der Waals surface area contributed by atoms with Crippen molar-refractivity contribution in [3.8, 4) is 0 Å². The Balaban J connectivity index is 3.00. The number of rotatable bonds is 2. The van der Waals surface area contributed by atoms with E-state index < -0.39 is 11.1 Å². The third-order valence-electron chi connectivity index (χ3n) is 3.71. The van der Waals surface area contributed by atoms with Gasteiger partial charge in [0.05, 0.1) is 11.1 Å². The Labute approximate surface area is 105 Å². The van der Waals surface area contributed by atoms with Crippen molar-refractivity contribution in [3.05, 3.63) is 0 Å². The molecular formula is C13H26N2O2. The van der Waals surface area contributed by atoms with E-state index in [1.807, 2.05) is 20.9 Å². The van der Waals surface area contributed by atoms with Gasteiger partial charge in [-0.2, -0.15) is 0 Å². The van der Waals surface area contributed by atoms with E-state index in [0.29, 0.717) is 13.1 Å². The fourth-order valence-corrected chi connectivity index (χ4v) is 2.53. The average molecular weight is 242 g/mol. The molecule has 1 N–H and O–H groups in total. The van der Waals surface area contributed by atoms with Gasteiger partial charge in [0.1, 0.15) is 0 Å². The van der Waals surface area contributed by atoms with E-state index in [1.54, 1.807) is 18.7 Å². The fourth-order valence-electron chi connectivity index (χ4n) is 2.53. The zero-order valence-electron chi connectivity index (χ0n) is 12.2. The van der Waals surface area contributed by atoms with Gasteiger partial charge in [0.2, 0.25) is 5.91 Å². The molecule has 1 saturated heterocycles. The summed E-state index contributed by atoms with van der Waals surface area (Å²) in [4.78, 5) is 16.3. The molecule has 0 unspecified atom stereocenters. The first-order chi connectivity index (χ1) is 7.38. The minimum atomic E-state index is -0.849. The number of aliphatic hydroxyl groups is 1. The standard InChI is InChI=1S/C13H26N2O2/c1-11(2)8-15(9-12(3,4)17)10(16)13(5,6)14(11)7/h17H,8-9H2,1-7H3. The summed E-state index contributed by atoms with van der Waals surface area (Å²) in [6, 6.07) is 0. The number of amides is 1. The van der Waals surface area contributed by atoms with Crippen LogP contribution in [0, 0.1) is 0 Å². The molecule has 1 heterocycles. The number of hydrogen-bond acceptors (Lipinski definition) is 3. The molecule has 0 bridgehead atoms. The van der Waals surface area contributed by atoms with Gasteiger partial charge in [0.15, 0.2) is 0 Å². The normalized spacial score (nSPS) is 25.2. The van der Waals surface area contributed by atoms with Gasteiger partial charge in [-0.25, -0.2) is 0 Å². The molecule has 4 heteroatoms. The average Bonchev–Trinajstić information content (AvgIpc) is 2.09. The van der Waals surface area contributed by atoms with E-state index in [4.69, 9.17) is 0 Å². The van der Waals surface area contributed by atoms with Gasteiger partial charge in [-0.05, 0) is 48.6 Å². The zero-order valence-corrected chi connectivity index (χ0v) is 12.2. The highest BCUT2D eigenvalue weighted by Gasteiger charge is 2.48. The SMILES string of the molecule is CN1C(C)(C)CN(CC(C)(C)O)C(=O)C1(C)C. The summed E-state index contributed by atoms with van der Waals surface area (Å²) in [6.45, 7) is 12.6. The lowest BCUT2D eigenvalue weighted by molar-refractivity contribution is -0.161. The van der Waals surface area contributed by atoms with Gasteiger partial charge < -0.3 is 10.0 Å². The molecular weight excluding hydrogens is 216 g/mol. The summed E-state index contributed by atoms with van der Waals surface area (Å²) < 4.78 is 0. The number of piperazine rings is 1. The quantitative estimate of drug-likeness (QED) is 0.788. The van der Waals surface area contributed by atoms with Gasteiger partial charge in [0.25, 0.3) is 0 Å². The van der Waals surface area contributed by atoms with Crippen LogP contribution in [0.5, 0.6) is 0 Å². The largest absolute Gasteiger partial charge is 0.389 e. The molecule has 0 radical (unpaired) electrons. The van der Waals surface area contributed by atoms with Gasteiger partial charge in [-0.15, -0.1) is 0 Å². The number of carbonyl (C=O) groups excluding carboxylic acids is 1. The summed E-state index contributed by atoms with van der Waals surface area (Å²) in [5.74, 6) is 0.0847. The predicted molar refractivity (Wildman–Crippen MR) is 68.8 cm³/mol. The monoisotopic (exact) mass is 242 g/mol. The Bertz CT molecular complexity index is 316. The van der Waals surface area contributed by atoms with E-state index >= 15 is 0 Å². The molecule has 1 amide bonds. The topological polar surface area (TPSA) is 43.8 Å². The molecule has 1 aliphatic rings. The number of nitrogens with zero attached hydrogens (tertiary/aromatic N) is 2. The van der Waals surface area contributed by atoms with Crippen LogP contribution in [-0.4, -0.2) is 57.6 Å². The minimum Gasteiger partial charge on any atom is -0.389 e. The first-order valence-corrected chi connectivity index (χ1v) is 6.14. The van der Waals surface area contributed by atoms with Crippen molar-refractivity contribution in [2.75, 3.05) is 20.1 Å². The summed E-state index contributed by atoms with van der Waals surface area (Å²) in [5, 5.41) is 9.89. The van der Waals surface area contributed by atoms with Crippen molar-refractivity contribution < 1.29 is 9.90 Å². The molecule has 4 nitrogen and oxygen atoms in total. The van der Waals surface area contributed by atoms with Crippen LogP contribution in [0.1, 0.15) is 41.5 Å². The van der Waals surface area contributed by atoms with E-state index in [2.05, 4.69) is 18.7 Å². The molecule has 0 atom stereocenters. The fraction of sp³-hybridized carbons (Fsp3) is 0.923. The van der Waals surface area contributed by atoms with Crippen LogP contribution in [-0.2, 0) is 4.79 Å². The molecule has 0 aliphatic carbocycles. The van der Waals surface area contributed by atoms with Crippen LogP contribution in [0.25, 0.3) is 0 Å². The Kier molecular flexibility index (Phi) is 3.36. The molecule has 1 aliphatic heterocycles. The molecule has 0 aromatic carbocycles. The maximum atomic E-state index is 12.4. The Morgan fingerprint density at radius 1 is 1.29 bits per heavy atom. The lowest BCUT2D eigenvalue weighted by Gasteiger charge is -2.54. The van der Waals surface area contributed by atoms with Gasteiger partial charge >= 0.3 is 0 Å². The second-order valence-electron chi connectivity index (χ2n) is 6.90. The smallest absolute Gasteiger partial charge is 0.242 e. The second kappa shape index (κ2) is 3.95. The van der Waals surface area contributed by atoms with E-state index in [0.717, 1.165) is 0 Å². The van der Waals surface area contributed by atoms with Crippen molar-refractivity contribution in [2.45, 2.75) is 58.2 Å². The Hall–Kier alpha value is -0.610. The van der Waals surface area contributed by atoms with Gasteiger partial charge in [-0.3, -0.25) is 9.69 Å². The molecule has 0 spiro atoms. The molecule has 0 aromatic rings. The molecule has 0 saturated carbocycles. The van der Waals surface area contributed by atoms with Crippen molar-refractivity contribution in [1.82, 2.24) is 9.80 Å². The zero-order chi connectivity index (χ0) is 13.6. The van der Waals surface area contributed by atoms with Crippen molar-refractivity contribution >= 4 is 5.91 Å². The molecule has 17 heavy (non-hydrogen) atoms. The highest BCUT2D eigenvalue weighted by atomic mass is 16.3. The van der Waals surface area contributed by atoms with E-state index in [1.165, 1.54) is 0 Å². The first-order valence-electron chi connectivity index (χ1n) is 6.14. The second-order valence-corrected chi connectivity index (χ2v) is 6.90. The number of β-amino-alcohol motifs (C(OH)–C–C–N with tert-alkyl or cyclic N) is 1. The van der Waals surface area contributed by atoms with Crippen LogP contribution in [0.2, 0.25) is 0 Å². The highest BCUT2D eigenvalue weighted by molar-refractivity contribution is 5.86. The predicted octanol–water partition coefficient (Wildman–Crippen LogP) is 1.09. The molecule has 0 aromatic heterocycles. The van der Waals surface area contributed by atoms with Crippen LogP contribution in [0.15, 0.2) is 0 Å². The van der Waals surface area contributed by atoms with E-state index in [9.17, 15) is 9.90 Å². The number of carbonyl (C=O) groups is 1. The number of likely N-dealkylation sites (N-methyl/N-ethyl adjacent to an activating group) is 1. The van der Waals surface area contributed by atoms with Crippen LogP contribution >= 0.6 is 0 Å². The number of hydrogen-bond donors (Lipinski definition) is 1. The maximum Gasteiger partial charge on any atom is 0.242 e. The first kappa shape index (κ1) is 14.5. The van der Waals surface area contributed by atoms with Gasteiger partial charge in [0, 0.05) is 18.6 Å². The van der Waals surface area contributed by atoms with Crippen LogP contribution in [0.4, 0.5) is 0 Å².